The molecule has 12 heteroatoms. The van der Waals surface area contributed by atoms with Gasteiger partial charge < -0.3 is 5.32 Å². The van der Waals surface area contributed by atoms with Crippen LogP contribution in [0.5, 0.6) is 0 Å². The van der Waals surface area contributed by atoms with E-state index < -0.39 is 22.7 Å². The highest BCUT2D eigenvalue weighted by atomic mass is 79.9. The lowest BCUT2D eigenvalue weighted by molar-refractivity contribution is -0.137. The third-order valence-corrected chi connectivity index (χ3v) is 6.05. The maximum atomic E-state index is 13.0. The summed E-state index contributed by atoms with van der Waals surface area (Å²) in [5.41, 5.74) is -0.649. The summed E-state index contributed by atoms with van der Waals surface area (Å²) in [6, 6.07) is 2.33. The van der Waals surface area contributed by atoms with E-state index >= 15 is 0 Å². The summed E-state index contributed by atoms with van der Waals surface area (Å²) < 4.78 is 39.6. The largest absolute Gasteiger partial charge is 0.418 e. The molecule has 3 heterocycles. The normalized spacial score (nSPS) is 12.5. The van der Waals surface area contributed by atoms with Gasteiger partial charge in [-0.15, -0.1) is 11.3 Å². The molecule has 3 aromatic heterocycles. The zero-order chi connectivity index (χ0) is 22.8. The lowest BCUT2D eigenvalue weighted by Gasteiger charge is -2.10. The Morgan fingerprint density at radius 3 is 2.61 bits per heavy atom. The number of amides is 1. The molecular weight excluding hydrogens is 521 g/mol. The first kappa shape index (κ1) is 23.3. The lowest BCUT2D eigenvalue weighted by atomic mass is 10.0. The molecule has 6 nitrogen and oxygen atoms in total. The summed E-state index contributed by atoms with van der Waals surface area (Å²) in [5, 5.41) is 2.28. The van der Waals surface area contributed by atoms with Crippen molar-refractivity contribution >= 4 is 56.4 Å². The molecule has 1 atom stereocenters. The van der Waals surface area contributed by atoms with Gasteiger partial charge in [0.05, 0.1) is 21.8 Å². The zero-order valence-electron chi connectivity index (χ0n) is 15.7. The van der Waals surface area contributed by atoms with Crippen molar-refractivity contribution < 1.29 is 22.8 Å². The SMILES string of the molecule is CC(CC(=O)c1cncc(Br)c1)c1ncc(C(=O)Nc2cc(C(F)(F)F)c(Cl)cn2)s1. The van der Waals surface area contributed by atoms with Crippen molar-refractivity contribution in [1.82, 2.24) is 15.0 Å². The Kier molecular flexibility index (Phi) is 7.07. The summed E-state index contributed by atoms with van der Waals surface area (Å²) in [5.74, 6) is -1.36. The van der Waals surface area contributed by atoms with E-state index in [0.717, 1.165) is 17.5 Å². The number of hydrogen-bond acceptors (Lipinski definition) is 6. The Hall–Kier alpha value is -2.37. The number of ketones is 1. The first-order chi connectivity index (χ1) is 14.5. The van der Waals surface area contributed by atoms with Crippen LogP contribution >= 0.6 is 38.9 Å². The molecule has 1 N–H and O–H groups in total. The standard InChI is InChI=1S/C19H13BrClF3N4O2S/c1-9(2-14(29)10-3-11(20)6-25-5-10)18-27-8-15(31-18)17(30)28-16-4-12(19(22,23)24)13(21)7-26-16/h3-9H,2H2,1H3,(H,26,28,30). The molecule has 0 spiro atoms. The second-order valence-electron chi connectivity index (χ2n) is 6.48. The number of thiazole rings is 1. The predicted molar refractivity (Wildman–Crippen MR) is 114 cm³/mol. The van der Waals surface area contributed by atoms with E-state index in [-0.39, 0.29) is 28.8 Å². The number of pyridine rings is 2. The summed E-state index contributed by atoms with van der Waals surface area (Å²) in [6.45, 7) is 1.79. The highest BCUT2D eigenvalue weighted by molar-refractivity contribution is 9.10. The van der Waals surface area contributed by atoms with Crippen LogP contribution in [0, 0.1) is 0 Å². The monoisotopic (exact) mass is 532 g/mol. The minimum absolute atomic E-state index is 0.132. The number of hydrogen-bond donors (Lipinski definition) is 1. The van der Waals surface area contributed by atoms with Gasteiger partial charge in [-0.1, -0.05) is 18.5 Å². The fraction of sp³-hybridized carbons (Fsp3) is 0.211. The number of halogens is 5. The molecule has 31 heavy (non-hydrogen) atoms. The average Bonchev–Trinajstić information content (AvgIpc) is 3.19. The van der Waals surface area contributed by atoms with Crippen molar-refractivity contribution in [2.45, 2.75) is 25.4 Å². The Morgan fingerprint density at radius 1 is 1.19 bits per heavy atom. The first-order valence-electron chi connectivity index (χ1n) is 8.68. The van der Waals surface area contributed by atoms with Gasteiger partial charge in [-0.25, -0.2) is 9.97 Å². The van der Waals surface area contributed by atoms with Gasteiger partial charge in [0.25, 0.3) is 5.91 Å². The molecule has 162 valence electrons. The van der Waals surface area contributed by atoms with Crippen molar-refractivity contribution in [3.8, 4) is 0 Å². The zero-order valence-corrected chi connectivity index (χ0v) is 18.9. The molecule has 0 bridgehead atoms. The van der Waals surface area contributed by atoms with E-state index in [2.05, 4.69) is 36.2 Å². The van der Waals surface area contributed by atoms with Crippen LogP contribution in [0.4, 0.5) is 19.0 Å². The van der Waals surface area contributed by atoms with E-state index in [9.17, 15) is 22.8 Å². The topological polar surface area (TPSA) is 84.8 Å². The van der Waals surface area contributed by atoms with Crippen LogP contribution in [0.15, 0.2) is 41.4 Å². The Labute approximate surface area is 192 Å². The maximum Gasteiger partial charge on any atom is 0.418 e. The molecule has 0 aromatic carbocycles. The molecule has 0 radical (unpaired) electrons. The van der Waals surface area contributed by atoms with Gasteiger partial charge in [-0.05, 0) is 28.1 Å². The molecule has 0 saturated carbocycles. The van der Waals surface area contributed by atoms with Crippen molar-refractivity contribution in [1.29, 1.82) is 0 Å². The van der Waals surface area contributed by atoms with Crippen molar-refractivity contribution in [2.24, 2.45) is 0 Å². The second kappa shape index (κ2) is 9.41. The Morgan fingerprint density at radius 2 is 1.94 bits per heavy atom. The Balaban J connectivity index is 1.69. The number of carbonyl (C=O) groups excluding carboxylic acids is 2. The van der Waals surface area contributed by atoms with E-state index in [0.29, 0.717) is 21.1 Å². The summed E-state index contributed by atoms with van der Waals surface area (Å²) >= 11 is 9.84. The van der Waals surface area contributed by atoms with Gasteiger partial charge in [-0.3, -0.25) is 14.6 Å². The van der Waals surface area contributed by atoms with Gasteiger partial charge in [0.2, 0.25) is 0 Å². The number of Topliss-reactive ketones (excluding diaryl/α,β-unsaturated/α-hetero) is 1. The molecule has 1 amide bonds. The van der Waals surface area contributed by atoms with Crippen LogP contribution in [-0.4, -0.2) is 26.6 Å². The molecule has 3 rings (SSSR count). The van der Waals surface area contributed by atoms with E-state index in [1.54, 1.807) is 19.2 Å². The number of alkyl halides is 3. The van der Waals surface area contributed by atoms with Crippen LogP contribution in [0.25, 0.3) is 0 Å². The van der Waals surface area contributed by atoms with E-state index in [1.165, 1.54) is 12.4 Å². The molecule has 0 aliphatic rings. The number of rotatable bonds is 6. The van der Waals surface area contributed by atoms with E-state index in [1.807, 2.05) is 0 Å². The van der Waals surface area contributed by atoms with Crippen molar-refractivity contribution in [2.75, 3.05) is 5.32 Å². The second-order valence-corrected chi connectivity index (χ2v) is 8.87. The van der Waals surface area contributed by atoms with Crippen LogP contribution in [0.2, 0.25) is 5.02 Å². The van der Waals surface area contributed by atoms with Crippen LogP contribution < -0.4 is 5.32 Å². The molecule has 0 saturated heterocycles. The molecule has 0 aliphatic carbocycles. The number of carbonyl (C=O) groups is 2. The number of nitrogens with one attached hydrogen (secondary N) is 1. The summed E-state index contributed by atoms with van der Waals surface area (Å²) in [6.07, 6.45) is 0.636. The lowest BCUT2D eigenvalue weighted by Crippen LogP contribution is -2.13. The van der Waals surface area contributed by atoms with Gasteiger partial charge in [0.15, 0.2) is 5.78 Å². The summed E-state index contributed by atoms with van der Waals surface area (Å²) in [7, 11) is 0. The third-order valence-electron chi connectivity index (χ3n) is 4.09. The average molecular weight is 534 g/mol. The smallest absolute Gasteiger partial charge is 0.306 e. The quantitative estimate of drug-likeness (QED) is 0.393. The minimum atomic E-state index is -4.68. The molecular formula is C19H13BrClF3N4O2S. The van der Waals surface area contributed by atoms with Crippen LogP contribution in [0.3, 0.4) is 0 Å². The predicted octanol–water partition coefficient (Wildman–Crippen LogP) is 6.00. The van der Waals surface area contributed by atoms with E-state index in [4.69, 9.17) is 11.6 Å². The fourth-order valence-corrected chi connectivity index (χ4v) is 4.01. The first-order valence-corrected chi connectivity index (χ1v) is 10.7. The van der Waals surface area contributed by atoms with Crippen LogP contribution in [0.1, 0.15) is 49.9 Å². The molecule has 0 aliphatic heterocycles. The molecule has 0 fully saturated rings. The van der Waals surface area contributed by atoms with Gasteiger partial charge in [-0.2, -0.15) is 13.2 Å². The van der Waals surface area contributed by atoms with Gasteiger partial charge in [0, 0.05) is 41.0 Å². The van der Waals surface area contributed by atoms with Crippen molar-refractivity contribution in [3.05, 3.63) is 67.4 Å². The number of nitrogens with zero attached hydrogens (tertiary/aromatic N) is 3. The highest BCUT2D eigenvalue weighted by Crippen LogP contribution is 2.35. The fourth-order valence-electron chi connectivity index (χ4n) is 2.57. The van der Waals surface area contributed by atoms with Gasteiger partial charge >= 0.3 is 6.18 Å². The molecule has 1 unspecified atom stereocenters. The van der Waals surface area contributed by atoms with Gasteiger partial charge in [0.1, 0.15) is 10.7 Å². The summed E-state index contributed by atoms with van der Waals surface area (Å²) in [4.78, 5) is 36.8. The highest BCUT2D eigenvalue weighted by Gasteiger charge is 2.34. The van der Waals surface area contributed by atoms with Crippen molar-refractivity contribution in [3.63, 3.8) is 0 Å². The number of anilines is 1. The number of aromatic nitrogens is 3. The molecule has 3 aromatic rings. The third kappa shape index (κ3) is 5.86. The maximum absolute atomic E-state index is 13.0. The minimum Gasteiger partial charge on any atom is -0.306 e. The van der Waals surface area contributed by atoms with Crippen LogP contribution in [-0.2, 0) is 6.18 Å². The Bertz CT molecular complexity index is 1140.